The first kappa shape index (κ1) is 28.9. The molecule has 0 aliphatic carbocycles. The van der Waals surface area contributed by atoms with Crippen LogP contribution in [-0.2, 0) is 30.3 Å². The Kier molecular flexibility index (Phi) is 7.57. The SMILES string of the molecule is COc1ccccc1N=Nc1c(S(=O)(=O)O)cc2cc(S(=O)(=O)O)cc(NS(=O)(=O)c3ccc(C)cc3)c2c1O. The van der Waals surface area contributed by atoms with E-state index in [1.807, 2.05) is 0 Å². The highest BCUT2D eigenvalue weighted by molar-refractivity contribution is 7.92. The zero-order valence-electron chi connectivity index (χ0n) is 20.7. The van der Waals surface area contributed by atoms with Crippen molar-refractivity contribution in [1.29, 1.82) is 0 Å². The summed E-state index contributed by atoms with van der Waals surface area (Å²) >= 11 is 0. The molecule has 210 valence electrons. The van der Waals surface area contributed by atoms with Crippen molar-refractivity contribution in [2.24, 2.45) is 10.2 Å². The molecule has 4 aromatic rings. The van der Waals surface area contributed by atoms with Gasteiger partial charge in [-0.05, 0) is 54.8 Å². The van der Waals surface area contributed by atoms with E-state index in [9.17, 15) is 39.5 Å². The van der Waals surface area contributed by atoms with E-state index in [0.717, 1.165) is 23.8 Å². The second-order valence-corrected chi connectivity index (χ2v) is 12.9. The minimum atomic E-state index is -5.11. The Morgan fingerprint density at radius 1 is 0.800 bits per heavy atom. The third-order valence-electron chi connectivity index (χ3n) is 5.62. The molecule has 4 aromatic carbocycles. The highest BCUT2D eigenvalue weighted by Crippen LogP contribution is 2.46. The lowest BCUT2D eigenvalue weighted by Crippen LogP contribution is -2.14. The van der Waals surface area contributed by atoms with Gasteiger partial charge in [-0.15, -0.1) is 10.2 Å². The van der Waals surface area contributed by atoms with Crippen molar-refractivity contribution < 1.29 is 44.2 Å². The molecule has 0 bridgehead atoms. The number of rotatable bonds is 8. The summed E-state index contributed by atoms with van der Waals surface area (Å²) < 4.78 is 101. The topological polar surface area (TPSA) is 209 Å². The number of benzene rings is 4. The van der Waals surface area contributed by atoms with Gasteiger partial charge in [0.05, 0.1) is 28.0 Å². The van der Waals surface area contributed by atoms with Crippen LogP contribution in [0.25, 0.3) is 10.8 Å². The van der Waals surface area contributed by atoms with Crippen LogP contribution in [0.15, 0.2) is 91.6 Å². The average molecular weight is 608 g/mol. The first-order valence-corrected chi connectivity index (χ1v) is 15.4. The van der Waals surface area contributed by atoms with Gasteiger partial charge in [0, 0.05) is 0 Å². The van der Waals surface area contributed by atoms with Gasteiger partial charge in [0.2, 0.25) is 0 Å². The van der Waals surface area contributed by atoms with Crippen LogP contribution >= 0.6 is 0 Å². The van der Waals surface area contributed by atoms with Gasteiger partial charge in [-0.1, -0.05) is 29.8 Å². The van der Waals surface area contributed by atoms with Crippen LogP contribution in [0, 0.1) is 6.92 Å². The van der Waals surface area contributed by atoms with E-state index in [2.05, 4.69) is 15.0 Å². The van der Waals surface area contributed by atoms with Crippen molar-refractivity contribution >= 4 is 58.1 Å². The summed E-state index contributed by atoms with van der Waals surface area (Å²) in [5.74, 6) is -0.725. The number of methoxy groups -OCH3 is 1. The van der Waals surface area contributed by atoms with Crippen molar-refractivity contribution in [2.45, 2.75) is 21.6 Å². The van der Waals surface area contributed by atoms with Crippen molar-refractivity contribution in [1.82, 2.24) is 0 Å². The van der Waals surface area contributed by atoms with Crippen molar-refractivity contribution in [3.63, 3.8) is 0 Å². The monoisotopic (exact) mass is 607 g/mol. The molecule has 0 saturated heterocycles. The molecule has 13 nitrogen and oxygen atoms in total. The summed E-state index contributed by atoms with van der Waals surface area (Å²) in [6, 6.07) is 14.1. The van der Waals surface area contributed by atoms with E-state index >= 15 is 0 Å². The Morgan fingerprint density at radius 2 is 1.45 bits per heavy atom. The Bertz CT molecular complexity index is 1990. The summed E-state index contributed by atoms with van der Waals surface area (Å²) in [5.41, 5.74) is -0.443. The van der Waals surface area contributed by atoms with Gasteiger partial charge >= 0.3 is 0 Å². The van der Waals surface area contributed by atoms with Crippen LogP contribution < -0.4 is 9.46 Å². The highest BCUT2D eigenvalue weighted by atomic mass is 32.2. The molecule has 0 heterocycles. The van der Waals surface area contributed by atoms with Crippen LogP contribution in [-0.4, -0.2) is 46.6 Å². The summed E-state index contributed by atoms with van der Waals surface area (Å²) in [7, 11) is -13.1. The summed E-state index contributed by atoms with van der Waals surface area (Å²) in [6.07, 6.45) is 0. The summed E-state index contributed by atoms with van der Waals surface area (Å²) in [4.78, 5) is -2.02. The molecule has 0 amide bonds. The van der Waals surface area contributed by atoms with Gasteiger partial charge in [-0.3, -0.25) is 13.8 Å². The number of azo groups is 1. The fourth-order valence-electron chi connectivity index (χ4n) is 3.72. The number of fused-ring (bicyclic) bond motifs is 1. The Labute approximate surface area is 229 Å². The number of anilines is 1. The lowest BCUT2D eigenvalue weighted by atomic mass is 10.1. The number of aromatic hydroxyl groups is 1. The maximum Gasteiger partial charge on any atom is 0.296 e. The Balaban J connectivity index is 2.04. The van der Waals surface area contributed by atoms with Gasteiger partial charge in [-0.25, -0.2) is 8.42 Å². The first-order valence-electron chi connectivity index (χ1n) is 11.0. The van der Waals surface area contributed by atoms with Crippen LogP contribution in [0.2, 0.25) is 0 Å². The normalized spacial score (nSPS) is 12.6. The smallest absolute Gasteiger partial charge is 0.296 e. The molecule has 0 aliphatic heterocycles. The van der Waals surface area contributed by atoms with Gasteiger partial charge < -0.3 is 9.84 Å². The molecular formula is C24H21N3O10S3. The molecule has 16 heteroatoms. The molecule has 0 spiro atoms. The van der Waals surface area contributed by atoms with E-state index in [1.54, 1.807) is 19.1 Å². The molecule has 40 heavy (non-hydrogen) atoms. The number of phenolic OH excluding ortho intramolecular Hbond substituents is 1. The van der Waals surface area contributed by atoms with Crippen molar-refractivity contribution in [3.8, 4) is 11.5 Å². The van der Waals surface area contributed by atoms with Gasteiger partial charge in [0.1, 0.15) is 22.0 Å². The Hall–Kier alpha value is -4.09. The molecule has 0 atom stereocenters. The van der Waals surface area contributed by atoms with E-state index in [1.165, 1.54) is 43.5 Å². The maximum atomic E-state index is 13.1. The standard InChI is InChI=1S/C24H21N3O10S3/c1-14-7-9-16(10-8-14)38(29,30)27-19-13-17(39(31,32)33)11-15-12-21(40(34,35)36)23(24(28)22(15)19)26-25-18-5-3-4-6-20(18)37-2/h3-13,27-28H,1-2H3,(H,31,32,33)(H,34,35,36). The largest absolute Gasteiger partial charge is 0.505 e. The molecule has 0 aliphatic rings. The molecule has 0 aromatic heterocycles. The number of phenols is 1. The van der Waals surface area contributed by atoms with Crippen LogP contribution in [0.4, 0.5) is 17.1 Å². The number of sulfonamides is 1. The Morgan fingerprint density at radius 3 is 2.05 bits per heavy atom. The minimum absolute atomic E-state index is 0.118. The van der Waals surface area contributed by atoms with E-state index in [0.29, 0.717) is 0 Å². The van der Waals surface area contributed by atoms with E-state index in [-0.39, 0.29) is 21.7 Å². The van der Waals surface area contributed by atoms with Crippen LogP contribution in [0.3, 0.4) is 0 Å². The lowest BCUT2D eigenvalue weighted by Gasteiger charge is -2.16. The molecule has 4 rings (SSSR count). The second kappa shape index (κ2) is 10.5. The highest BCUT2D eigenvalue weighted by Gasteiger charge is 2.27. The van der Waals surface area contributed by atoms with Gasteiger partial charge in [0.15, 0.2) is 5.75 Å². The molecule has 0 saturated carbocycles. The molecule has 0 unspecified atom stereocenters. The number of hydrogen-bond donors (Lipinski definition) is 4. The van der Waals surface area contributed by atoms with Crippen molar-refractivity contribution in [3.05, 3.63) is 72.3 Å². The number of nitrogens with zero attached hydrogens (tertiary/aromatic N) is 2. The maximum absolute atomic E-state index is 13.1. The first-order chi connectivity index (χ1) is 18.6. The fraction of sp³-hybridized carbons (Fsp3) is 0.0833. The van der Waals surface area contributed by atoms with E-state index < -0.39 is 62.6 Å². The van der Waals surface area contributed by atoms with Gasteiger partial charge in [0.25, 0.3) is 30.3 Å². The van der Waals surface area contributed by atoms with E-state index in [4.69, 9.17) is 4.74 Å². The van der Waals surface area contributed by atoms with Crippen LogP contribution in [0.1, 0.15) is 5.56 Å². The number of ether oxygens (including phenoxy) is 1. The zero-order chi connectivity index (χ0) is 29.5. The lowest BCUT2D eigenvalue weighted by molar-refractivity contribution is 0.416. The fourth-order valence-corrected chi connectivity index (χ4v) is 5.98. The zero-order valence-corrected chi connectivity index (χ0v) is 23.1. The molecule has 0 fully saturated rings. The molecule has 0 radical (unpaired) electrons. The second-order valence-electron chi connectivity index (χ2n) is 8.38. The molecular weight excluding hydrogens is 586 g/mol. The van der Waals surface area contributed by atoms with Crippen LogP contribution in [0.5, 0.6) is 11.5 Å². The summed E-state index contributed by atoms with van der Waals surface area (Å²) in [6.45, 7) is 1.73. The third-order valence-corrected chi connectivity index (χ3v) is 8.70. The number of aryl methyl sites for hydroxylation is 1. The average Bonchev–Trinajstić information content (AvgIpc) is 2.86. The predicted molar refractivity (Wildman–Crippen MR) is 144 cm³/mol. The quantitative estimate of drug-likeness (QED) is 0.162. The number of nitrogens with one attached hydrogen (secondary N) is 1. The molecule has 4 N–H and O–H groups in total. The predicted octanol–water partition coefficient (Wildman–Crippen LogP) is 4.57. The van der Waals surface area contributed by atoms with Crippen molar-refractivity contribution in [2.75, 3.05) is 11.8 Å². The third kappa shape index (κ3) is 5.90. The number of hydrogen-bond acceptors (Lipinski definition) is 10. The number of para-hydroxylation sites is 1. The van der Waals surface area contributed by atoms with Gasteiger partial charge in [-0.2, -0.15) is 16.8 Å². The minimum Gasteiger partial charge on any atom is -0.505 e. The summed E-state index contributed by atoms with van der Waals surface area (Å²) in [5, 5.41) is 18.1.